The van der Waals surface area contributed by atoms with Gasteiger partial charge in [-0.2, -0.15) is 0 Å². The minimum absolute atomic E-state index is 0.482. The number of anilines is 1. The van der Waals surface area contributed by atoms with Crippen LogP contribution in [0.3, 0.4) is 0 Å². The summed E-state index contributed by atoms with van der Waals surface area (Å²) >= 11 is 3.39. The largest absolute Gasteiger partial charge is 0.488 e. The molecule has 82 valence electrons. The molecule has 1 aromatic heterocycles. The van der Waals surface area contributed by atoms with Crippen LogP contribution in [0.25, 0.3) is 0 Å². The van der Waals surface area contributed by atoms with Gasteiger partial charge in [-0.25, -0.2) is 0 Å². The lowest BCUT2D eigenvalue weighted by molar-refractivity contribution is 0.304. The molecule has 16 heavy (non-hydrogen) atoms. The Morgan fingerprint density at radius 3 is 2.88 bits per heavy atom. The Kier molecular flexibility index (Phi) is 3.41. The summed E-state index contributed by atoms with van der Waals surface area (Å²) < 4.78 is 6.43. The maximum atomic E-state index is 5.75. The molecule has 0 saturated carbocycles. The van der Waals surface area contributed by atoms with Gasteiger partial charge in [0.15, 0.2) is 0 Å². The van der Waals surface area contributed by atoms with Crippen molar-refractivity contribution in [1.29, 1.82) is 0 Å². The van der Waals surface area contributed by atoms with Crippen molar-refractivity contribution < 1.29 is 4.74 Å². The van der Waals surface area contributed by atoms with Gasteiger partial charge >= 0.3 is 0 Å². The van der Waals surface area contributed by atoms with Gasteiger partial charge in [-0.05, 0) is 34.1 Å². The molecule has 2 aromatic rings. The monoisotopic (exact) mass is 278 g/mol. The van der Waals surface area contributed by atoms with Crippen molar-refractivity contribution >= 4 is 21.6 Å². The molecule has 2 rings (SSSR count). The molecule has 0 aliphatic rings. The van der Waals surface area contributed by atoms with E-state index >= 15 is 0 Å². The van der Waals surface area contributed by atoms with E-state index in [-0.39, 0.29) is 0 Å². The van der Waals surface area contributed by atoms with E-state index in [9.17, 15) is 0 Å². The normalized spacial score (nSPS) is 10.1. The highest BCUT2D eigenvalue weighted by Crippen LogP contribution is 2.30. The van der Waals surface area contributed by atoms with Crippen LogP contribution in [-0.2, 0) is 6.61 Å². The van der Waals surface area contributed by atoms with E-state index in [1.165, 1.54) is 0 Å². The summed E-state index contributed by atoms with van der Waals surface area (Å²) in [6.07, 6.45) is 3.51. The topological polar surface area (TPSA) is 48.1 Å². The Hall–Kier alpha value is -1.55. The summed E-state index contributed by atoms with van der Waals surface area (Å²) in [5, 5.41) is 0. The third kappa shape index (κ3) is 2.52. The Morgan fingerprint density at radius 1 is 1.25 bits per heavy atom. The van der Waals surface area contributed by atoms with E-state index in [0.717, 1.165) is 15.8 Å². The second kappa shape index (κ2) is 4.99. The fourth-order valence-electron chi connectivity index (χ4n) is 1.28. The molecular formula is C12H11BrN2O. The Labute approximate surface area is 102 Å². The molecule has 2 N–H and O–H groups in total. The van der Waals surface area contributed by atoms with Crippen LogP contribution >= 0.6 is 15.9 Å². The van der Waals surface area contributed by atoms with Crippen molar-refractivity contribution in [3.63, 3.8) is 0 Å². The van der Waals surface area contributed by atoms with E-state index in [4.69, 9.17) is 10.5 Å². The van der Waals surface area contributed by atoms with E-state index in [2.05, 4.69) is 20.9 Å². The number of hydrogen-bond acceptors (Lipinski definition) is 3. The van der Waals surface area contributed by atoms with Crippen LogP contribution in [0.5, 0.6) is 5.75 Å². The van der Waals surface area contributed by atoms with Gasteiger partial charge < -0.3 is 10.5 Å². The summed E-state index contributed by atoms with van der Waals surface area (Å²) in [6.45, 7) is 0.482. The van der Waals surface area contributed by atoms with Crippen LogP contribution in [0, 0.1) is 0 Å². The van der Waals surface area contributed by atoms with Crippen molar-refractivity contribution in [3.8, 4) is 5.75 Å². The second-order valence-corrected chi connectivity index (χ2v) is 4.10. The molecular weight excluding hydrogens is 268 g/mol. The molecule has 0 amide bonds. The zero-order valence-corrected chi connectivity index (χ0v) is 10.1. The fourth-order valence-corrected chi connectivity index (χ4v) is 1.66. The van der Waals surface area contributed by atoms with Gasteiger partial charge in [-0.15, -0.1) is 0 Å². The number of nitrogen functional groups attached to an aromatic ring is 1. The Bertz CT molecular complexity index is 474. The predicted octanol–water partition coefficient (Wildman–Crippen LogP) is 3.01. The van der Waals surface area contributed by atoms with Gasteiger partial charge in [0.2, 0.25) is 0 Å². The Balaban J connectivity index is 2.08. The summed E-state index contributed by atoms with van der Waals surface area (Å²) in [7, 11) is 0. The molecule has 0 bridgehead atoms. The number of nitrogens with two attached hydrogens (primary N) is 1. The number of nitrogens with zero attached hydrogens (tertiary/aromatic N) is 1. The number of halogens is 1. The van der Waals surface area contributed by atoms with Gasteiger partial charge in [0.05, 0.1) is 4.47 Å². The number of rotatable bonds is 3. The van der Waals surface area contributed by atoms with Crippen LogP contribution < -0.4 is 10.5 Å². The minimum Gasteiger partial charge on any atom is -0.488 e. The smallest absolute Gasteiger partial charge is 0.136 e. The Morgan fingerprint density at radius 2 is 2.12 bits per heavy atom. The molecule has 0 aliphatic heterocycles. The summed E-state index contributed by atoms with van der Waals surface area (Å²) in [5.74, 6) is 0.740. The zero-order valence-electron chi connectivity index (χ0n) is 8.56. The maximum absolute atomic E-state index is 5.75. The molecule has 1 aromatic carbocycles. The molecule has 4 heteroatoms. The molecule has 1 heterocycles. The van der Waals surface area contributed by atoms with Crippen LogP contribution in [0.15, 0.2) is 47.2 Å². The van der Waals surface area contributed by atoms with Gasteiger partial charge in [-0.1, -0.05) is 12.1 Å². The average molecular weight is 279 g/mol. The van der Waals surface area contributed by atoms with E-state index < -0.39 is 0 Å². The van der Waals surface area contributed by atoms with Gasteiger partial charge in [-0.3, -0.25) is 4.98 Å². The summed E-state index contributed by atoms with van der Waals surface area (Å²) in [4.78, 5) is 4.02. The molecule has 0 atom stereocenters. The molecule has 0 fully saturated rings. The maximum Gasteiger partial charge on any atom is 0.136 e. The van der Waals surface area contributed by atoms with Crippen molar-refractivity contribution in [1.82, 2.24) is 4.98 Å². The van der Waals surface area contributed by atoms with Gasteiger partial charge in [0.25, 0.3) is 0 Å². The molecule has 0 unspecified atom stereocenters. The van der Waals surface area contributed by atoms with E-state index in [0.29, 0.717) is 12.3 Å². The summed E-state index contributed by atoms with van der Waals surface area (Å²) in [5.41, 5.74) is 7.45. The molecule has 0 saturated heterocycles. The first kappa shape index (κ1) is 11.0. The van der Waals surface area contributed by atoms with Gasteiger partial charge in [0.1, 0.15) is 12.4 Å². The van der Waals surface area contributed by atoms with Crippen LogP contribution in [0.4, 0.5) is 5.69 Å². The lowest BCUT2D eigenvalue weighted by atomic mass is 10.3. The fraction of sp³-hybridized carbons (Fsp3) is 0.0833. The van der Waals surface area contributed by atoms with Crippen molar-refractivity contribution in [2.24, 2.45) is 0 Å². The number of aromatic nitrogens is 1. The highest BCUT2D eigenvalue weighted by Gasteiger charge is 2.03. The molecule has 0 spiro atoms. The van der Waals surface area contributed by atoms with Crippen molar-refractivity contribution in [2.75, 3.05) is 5.73 Å². The molecule has 0 aliphatic carbocycles. The highest BCUT2D eigenvalue weighted by atomic mass is 79.9. The average Bonchev–Trinajstić information content (AvgIpc) is 2.32. The molecule has 3 nitrogen and oxygen atoms in total. The third-order valence-electron chi connectivity index (χ3n) is 2.11. The van der Waals surface area contributed by atoms with Crippen LogP contribution in [-0.4, -0.2) is 4.98 Å². The number of hydrogen-bond donors (Lipinski definition) is 1. The van der Waals surface area contributed by atoms with Crippen molar-refractivity contribution in [2.45, 2.75) is 6.61 Å². The second-order valence-electron chi connectivity index (χ2n) is 3.31. The van der Waals surface area contributed by atoms with Gasteiger partial charge in [0, 0.05) is 23.6 Å². The predicted molar refractivity (Wildman–Crippen MR) is 67.1 cm³/mol. The summed E-state index contributed by atoms with van der Waals surface area (Å²) in [6, 6.07) is 9.40. The van der Waals surface area contributed by atoms with Crippen LogP contribution in [0.2, 0.25) is 0 Å². The SMILES string of the molecule is Nc1cccc(OCc2cccnc2)c1Br. The first-order valence-corrected chi connectivity index (χ1v) is 5.62. The van der Waals surface area contributed by atoms with E-state index in [1.54, 1.807) is 12.4 Å². The molecule has 0 radical (unpaired) electrons. The number of benzene rings is 1. The first-order chi connectivity index (χ1) is 7.77. The van der Waals surface area contributed by atoms with E-state index in [1.807, 2.05) is 30.3 Å². The number of pyridine rings is 1. The highest BCUT2D eigenvalue weighted by molar-refractivity contribution is 9.10. The standard InChI is InChI=1S/C12H11BrN2O/c13-12-10(14)4-1-5-11(12)16-8-9-3-2-6-15-7-9/h1-7H,8,14H2. The first-order valence-electron chi connectivity index (χ1n) is 4.83. The number of ether oxygens (including phenoxy) is 1. The third-order valence-corrected chi connectivity index (χ3v) is 2.96. The lowest BCUT2D eigenvalue weighted by Crippen LogP contribution is -1.97. The zero-order chi connectivity index (χ0) is 11.4. The van der Waals surface area contributed by atoms with Crippen molar-refractivity contribution in [3.05, 3.63) is 52.8 Å². The van der Waals surface area contributed by atoms with Crippen LogP contribution in [0.1, 0.15) is 5.56 Å². The minimum atomic E-state index is 0.482. The lowest BCUT2D eigenvalue weighted by Gasteiger charge is -2.09. The quantitative estimate of drug-likeness (QED) is 0.878.